The molecule has 2 N–H and O–H groups in total. The van der Waals surface area contributed by atoms with Gasteiger partial charge in [-0.1, -0.05) is 51.1 Å². The summed E-state index contributed by atoms with van der Waals surface area (Å²) in [5.74, 6) is 0. The first-order valence-electron chi connectivity index (χ1n) is 7.32. The number of hydrogen-bond donors (Lipinski definition) is 1. The van der Waals surface area contributed by atoms with Crippen LogP contribution >= 0.6 is 0 Å². The zero-order valence-electron chi connectivity index (χ0n) is 13.2. The van der Waals surface area contributed by atoms with E-state index >= 15 is 0 Å². The van der Waals surface area contributed by atoms with Gasteiger partial charge >= 0.3 is 0 Å². The molecule has 0 spiro atoms. The van der Waals surface area contributed by atoms with Crippen LogP contribution in [-0.4, -0.2) is 27.1 Å². The Kier molecular flexibility index (Phi) is 4.40. The first kappa shape index (κ1) is 15.7. The standard InChI is InChI=1S/C16H27NO2Si/c1-16(2,3)20(4,5)18-11-13-15(19-13)14(17)12-9-7-6-8-10-12/h6-10,13-15H,11,17H2,1-5H3/t13-,14+,15+/m0/s1. The number of hydrogen-bond acceptors (Lipinski definition) is 3. The number of ether oxygens (including phenoxy) is 1. The molecule has 0 unspecified atom stereocenters. The molecule has 0 amide bonds. The lowest BCUT2D eigenvalue weighted by Crippen LogP contribution is -2.42. The van der Waals surface area contributed by atoms with Crippen LogP contribution in [0, 0.1) is 0 Å². The van der Waals surface area contributed by atoms with E-state index in [0.717, 1.165) is 5.56 Å². The number of epoxide rings is 1. The quantitative estimate of drug-likeness (QED) is 0.668. The third-order valence-corrected chi connectivity index (χ3v) is 9.08. The van der Waals surface area contributed by atoms with Crippen molar-refractivity contribution in [2.75, 3.05) is 6.61 Å². The highest BCUT2D eigenvalue weighted by atomic mass is 28.4. The van der Waals surface area contributed by atoms with E-state index in [1.54, 1.807) is 0 Å². The normalized spacial score (nSPS) is 24.5. The molecule has 1 aromatic carbocycles. The minimum Gasteiger partial charge on any atom is -0.414 e. The van der Waals surface area contributed by atoms with Gasteiger partial charge in [0.2, 0.25) is 0 Å². The van der Waals surface area contributed by atoms with Gasteiger partial charge in [-0.05, 0) is 23.7 Å². The van der Waals surface area contributed by atoms with Crippen LogP contribution in [0.4, 0.5) is 0 Å². The van der Waals surface area contributed by atoms with E-state index in [-0.39, 0.29) is 23.3 Å². The average molecular weight is 293 g/mol. The first-order valence-corrected chi connectivity index (χ1v) is 10.2. The Balaban J connectivity index is 1.84. The summed E-state index contributed by atoms with van der Waals surface area (Å²) in [5, 5.41) is 0.235. The fourth-order valence-electron chi connectivity index (χ4n) is 1.98. The SMILES string of the molecule is CC(C)(C)[Si](C)(C)OC[C@@H]1O[C@H]1[C@H](N)c1ccccc1. The van der Waals surface area contributed by atoms with E-state index in [4.69, 9.17) is 14.9 Å². The maximum Gasteiger partial charge on any atom is 0.192 e. The highest BCUT2D eigenvalue weighted by Crippen LogP contribution is 2.39. The summed E-state index contributed by atoms with van der Waals surface area (Å²) in [6.07, 6.45) is 0.251. The molecular formula is C16H27NO2Si. The summed E-state index contributed by atoms with van der Waals surface area (Å²) in [6, 6.07) is 10.1. The van der Waals surface area contributed by atoms with Crippen LogP contribution in [0.15, 0.2) is 30.3 Å². The molecule has 0 bridgehead atoms. The lowest BCUT2D eigenvalue weighted by molar-refractivity contribution is 0.240. The van der Waals surface area contributed by atoms with Crippen molar-refractivity contribution in [3.8, 4) is 0 Å². The number of benzene rings is 1. The van der Waals surface area contributed by atoms with Gasteiger partial charge in [0.15, 0.2) is 8.32 Å². The van der Waals surface area contributed by atoms with Crippen molar-refractivity contribution in [3.05, 3.63) is 35.9 Å². The Bertz CT molecular complexity index is 442. The lowest BCUT2D eigenvalue weighted by Gasteiger charge is -2.36. The number of rotatable bonds is 5. The van der Waals surface area contributed by atoms with Crippen LogP contribution in [0.2, 0.25) is 18.1 Å². The highest BCUT2D eigenvalue weighted by molar-refractivity contribution is 6.74. The smallest absolute Gasteiger partial charge is 0.192 e. The Hall–Kier alpha value is -0.683. The molecule has 112 valence electrons. The first-order chi connectivity index (χ1) is 9.22. The molecule has 1 aromatic rings. The van der Waals surface area contributed by atoms with E-state index < -0.39 is 8.32 Å². The predicted molar refractivity (Wildman–Crippen MR) is 85.2 cm³/mol. The summed E-state index contributed by atoms with van der Waals surface area (Å²) in [6.45, 7) is 11.9. The number of nitrogens with two attached hydrogens (primary N) is 1. The molecule has 1 saturated heterocycles. The molecule has 1 heterocycles. The van der Waals surface area contributed by atoms with Gasteiger partial charge in [-0.25, -0.2) is 0 Å². The maximum absolute atomic E-state index is 6.25. The highest BCUT2D eigenvalue weighted by Gasteiger charge is 2.46. The maximum atomic E-state index is 6.25. The van der Waals surface area contributed by atoms with Crippen LogP contribution in [0.25, 0.3) is 0 Å². The molecule has 2 rings (SSSR count). The largest absolute Gasteiger partial charge is 0.414 e. The van der Waals surface area contributed by atoms with Crippen molar-refractivity contribution in [1.29, 1.82) is 0 Å². The van der Waals surface area contributed by atoms with Gasteiger partial charge in [-0.2, -0.15) is 0 Å². The third-order valence-electron chi connectivity index (χ3n) is 4.57. The Morgan fingerprint density at radius 3 is 2.40 bits per heavy atom. The summed E-state index contributed by atoms with van der Waals surface area (Å²) < 4.78 is 11.9. The molecule has 1 fully saturated rings. The van der Waals surface area contributed by atoms with Crippen LogP contribution < -0.4 is 5.73 Å². The molecular weight excluding hydrogens is 266 g/mol. The van der Waals surface area contributed by atoms with E-state index in [0.29, 0.717) is 6.61 Å². The van der Waals surface area contributed by atoms with Crippen molar-refractivity contribution >= 4 is 8.32 Å². The van der Waals surface area contributed by atoms with E-state index in [2.05, 4.69) is 46.0 Å². The summed E-state index contributed by atoms with van der Waals surface area (Å²) >= 11 is 0. The molecule has 1 aliphatic heterocycles. The summed E-state index contributed by atoms with van der Waals surface area (Å²) in [5.41, 5.74) is 7.38. The molecule has 3 nitrogen and oxygen atoms in total. The molecule has 0 saturated carbocycles. The van der Waals surface area contributed by atoms with Gasteiger partial charge in [0.25, 0.3) is 0 Å². The lowest BCUT2D eigenvalue weighted by atomic mass is 10.0. The van der Waals surface area contributed by atoms with Crippen LogP contribution in [0.1, 0.15) is 32.4 Å². The van der Waals surface area contributed by atoms with E-state index in [1.165, 1.54) is 0 Å². The third kappa shape index (κ3) is 3.50. The Labute approximate surface area is 123 Å². The molecule has 4 heteroatoms. The van der Waals surface area contributed by atoms with Crippen molar-refractivity contribution in [1.82, 2.24) is 0 Å². The average Bonchev–Trinajstić information content (AvgIpc) is 3.15. The predicted octanol–water partition coefficient (Wildman–Crippen LogP) is 3.48. The van der Waals surface area contributed by atoms with Gasteiger partial charge in [0.05, 0.1) is 12.6 Å². The zero-order chi connectivity index (χ0) is 15.0. The second-order valence-corrected chi connectivity index (χ2v) is 12.0. The van der Waals surface area contributed by atoms with Gasteiger partial charge < -0.3 is 14.9 Å². The minimum absolute atomic E-state index is 0.0517. The Morgan fingerprint density at radius 2 is 1.85 bits per heavy atom. The topological polar surface area (TPSA) is 47.8 Å². The van der Waals surface area contributed by atoms with E-state index in [9.17, 15) is 0 Å². The van der Waals surface area contributed by atoms with Gasteiger partial charge in [0.1, 0.15) is 12.2 Å². The minimum atomic E-state index is -1.69. The molecule has 20 heavy (non-hydrogen) atoms. The van der Waals surface area contributed by atoms with Gasteiger partial charge in [-0.3, -0.25) is 0 Å². The fourth-order valence-corrected chi connectivity index (χ4v) is 2.99. The molecule has 1 aliphatic rings. The van der Waals surface area contributed by atoms with Gasteiger partial charge in [-0.15, -0.1) is 0 Å². The van der Waals surface area contributed by atoms with E-state index in [1.807, 2.05) is 18.2 Å². The van der Waals surface area contributed by atoms with Crippen LogP contribution in [-0.2, 0) is 9.16 Å². The zero-order valence-corrected chi connectivity index (χ0v) is 14.2. The molecule has 3 atom stereocenters. The fraction of sp³-hybridized carbons (Fsp3) is 0.625. The van der Waals surface area contributed by atoms with Crippen molar-refractivity contribution < 1.29 is 9.16 Å². The molecule has 0 aromatic heterocycles. The second kappa shape index (κ2) is 5.60. The summed E-state index contributed by atoms with van der Waals surface area (Å²) in [4.78, 5) is 0. The Morgan fingerprint density at radius 1 is 1.25 bits per heavy atom. The van der Waals surface area contributed by atoms with Gasteiger partial charge in [0, 0.05) is 0 Å². The van der Waals surface area contributed by atoms with Crippen LogP contribution in [0.5, 0.6) is 0 Å². The second-order valence-electron chi connectivity index (χ2n) is 7.15. The summed E-state index contributed by atoms with van der Waals surface area (Å²) in [7, 11) is -1.69. The monoisotopic (exact) mass is 293 g/mol. The molecule has 0 aliphatic carbocycles. The van der Waals surface area contributed by atoms with Crippen molar-refractivity contribution in [2.45, 2.75) is 57.2 Å². The van der Waals surface area contributed by atoms with Crippen molar-refractivity contribution in [3.63, 3.8) is 0 Å². The molecule has 0 radical (unpaired) electrons. The van der Waals surface area contributed by atoms with Crippen molar-refractivity contribution in [2.24, 2.45) is 5.73 Å². The van der Waals surface area contributed by atoms with Crippen LogP contribution in [0.3, 0.4) is 0 Å².